The van der Waals surface area contributed by atoms with Crippen molar-refractivity contribution in [1.82, 2.24) is 0 Å². The van der Waals surface area contributed by atoms with Crippen LogP contribution in [0.1, 0.15) is 6.92 Å². The molecule has 2 N–H and O–H groups in total. The summed E-state index contributed by atoms with van der Waals surface area (Å²) >= 11 is 0. The van der Waals surface area contributed by atoms with E-state index in [1.54, 1.807) is 0 Å². The molecule has 0 heterocycles. The van der Waals surface area contributed by atoms with Gasteiger partial charge in [-0.1, -0.05) is 0 Å². The second kappa shape index (κ2) is 2.17. The highest BCUT2D eigenvalue weighted by molar-refractivity contribution is 6.33. The summed E-state index contributed by atoms with van der Waals surface area (Å²) in [7, 11) is 0. The van der Waals surface area contributed by atoms with Crippen LogP contribution in [0.2, 0.25) is 0 Å². The van der Waals surface area contributed by atoms with E-state index in [1.807, 2.05) is 0 Å². The first-order chi connectivity index (χ1) is 3.18. The van der Waals surface area contributed by atoms with E-state index in [0.29, 0.717) is 0 Å². The van der Waals surface area contributed by atoms with Crippen LogP contribution in [0, 0.1) is 0 Å². The maximum atomic E-state index is 9.61. The monoisotopic (exact) mass is 101 g/mol. The lowest BCUT2D eigenvalue weighted by molar-refractivity contribution is -0.294. The van der Waals surface area contributed by atoms with Crippen molar-refractivity contribution in [3.05, 3.63) is 0 Å². The van der Waals surface area contributed by atoms with E-state index in [2.05, 4.69) is 10.9 Å². The Bertz CT molecular complexity index is 108. The molecule has 0 saturated heterocycles. The first kappa shape index (κ1) is 5.94. The van der Waals surface area contributed by atoms with Gasteiger partial charge in [-0.15, -0.1) is 0 Å². The van der Waals surface area contributed by atoms with Crippen molar-refractivity contribution in [3.8, 4) is 0 Å². The van der Waals surface area contributed by atoms with E-state index >= 15 is 0 Å². The molecule has 0 unspecified atom stereocenters. The second-order valence-corrected chi connectivity index (χ2v) is 1.00. The van der Waals surface area contributed by atoms with Gasteiger partial charge in [-0.05, 0) is 6.92 Å². The molecule has 0 aromatic heterocycles. The zero-order valence-corrected chi connectivity index (χ0v) is 3.84. The maximum Gasteiger partial charge on any atom is 0.0872 e. The van der Waals surface area contributed by atoms with Crippen LogP contribution in [-0.2, 0) is 4.79 Å². The number of rotatable bonds is 1. The molecule has 0 rings (SSSR count). The summed E-state index contributed by atoms with van der Waals surface area (Å²) in [6, 6.07) is 0. The fourth-order valence-electron chi connectivity index (χ4n) is 0.0527. The summed E-state index contributed by atoms with van der Waals surface area (Å²) in [6.07, 6.45) is 0. The minimum Gasteiger partial charge on any atom is -0.543 e. The maximum absolute atomic E-state index is 9.61. The van der Waals surface area contributed by atoms with Crippen molar-refractivity contribution in [2.24, 2.45) is 10.9 Å². The van der Waals surface area contributed by atoms with E-state index in [4.69, 9.17) is 0 Å². The van der Waals surface area contributed by atoms with Crippen LogP contribution in [0.5, 0.6) is 0 Å². The quantitative estimate of drug-likeness (QED) is 0.237. The molecular weight excluding hydrogens is 96.0 g/mol. The lowest BCUT2D eigenvalue weighted by atomic mass is 10.4. The summed E-state index contributed by atoms with van der Waals surface area (Å²) in [5.41, 5.74) is -0.194. The third-order valence-electron chi connectivity index (χ3n) is 0.489. The van der Waals surface area contributed by atoms with Gasteiger partial charge in [0.1, 0.15) is 0 Å². The minimum atomic E-state index is -1.33. The van der Waals surface area contributed by atoms with Crippen molar-refractivity contribution < 1.29 is 9.90 Å². The van der Waals surface area contributed by atoms with E-state index < -0.39 is 5.97 Å². The third kappa shape index (κ3) is 1.75. The molecule has 0 atom stereocenters. The van der Waals surface area contributed by atoms with Crippen LogP contribution in [0.4, 0.5) is 0 Å². The average Bonchev–Trinajstić information content (AvgIpc) is 1.65. The van der Waals surface area contributed by atoms with Crippen LogP contribution in [-0.4, -0.2) is 11.7 Å². The number of carboxylic acid groups (broad SMARTS) is 1. The van der Waals surface area contributed by atoms with Crippen LogP contribution in [0.15, 0.2) is 5.10 Å². The number of aliphatic carboxylic acids is 1. The van der Waals surface area contributed by atoms with Gasteiger partial charge in [0.25, 0.3) is 0 Å². The number of hydrogen-bond acceptors (Lipinski definition) is 4. The van der Waals surface area contributed by atoms with Crippen LogP contribution >= 0.6 is 0 Å². The minimum absolute atomic E-state index is 0.194. The Labute approximate surface area is 40.6 Å². The molecule has 0 fully saturated rings. The molecule has 0 aliphatic carbocycles. The summed E-state index contributed by atoms with van der Waals surface area (Å²) < 4.78 is 0. The topological polar surface area (TPSA) is 78.5 Å². The number of nitrogens with zero attached hydrogens (tertiary/aromatic N) is 1. The molecule has 0 spiro atoms. The lowest BCUT2D eigenvalue weighted by Crippen LogP contribution is -2.30. The van der Waals surface area contributed by atoms with Gasteiger partial charge in [-0.25, -0.2) is 0 Å². The zero-order chi connectivity index (χ0) is 5.86. The van der Waals surface area contributed by atoms with E-state index in [0.717, 1.165) is 0 Å². The van der Waals surface area contributed by atoms with Gasteiger partial charge in [0.15, 0.2) is 0 Å². The summed E-state index contributed by atoms with van der Waals surface area (Å²) in [4.78, 5) is 9.61. The lowest BCUT2D eigenvalue weighted by Gasteiger charge is -1.94. The highest BCUT2D eigenvalue weighted by Crippen LogP contribution is 1.64. The fraction of sp³-hybridized carbons (Fsp3) is 0.333. The Morgan fingerprint density at radius 1 is 1.86 bits per heavy atom. The van der Waals surface area contributed by atoms with Gasteiger partial charge in [0.05, 0.1) is 11.7 Å². The average molecular weight is 101 g/mol. The van der Waals surface area contributed by atoms with Crippen molar-refractivity contribution in [2.75, 3.05) is 0 Å². The van der Waals surface area contributed by atoms with E-state index in [-0.39, 0.29) is 5.71 Å². The molecule has 0 aromatic rings. The van der Waals surface area contributed by atoms with Gasteiger partial charge >= 0.3 is 0 Å². The van der Waals surface area contributed by atoms with Crippen LogP contribution < -0.4 is 10.9 Å². The molecule has 0 amide bonds. The van der Waals surface area contributed by atoms with Crippen LogP contribution in [0.3, 0.4) is 0 Å². The molecule has 0 aliphatic heterocycles. The summed E-state index contributed by atoms with van der Waals surface area (Å²) in [5, 5.41) is 12.5. The number of hydrogen-bond donors (Lipinski definition) is 1. The third-order valence-corrected chi connectivity index (χ3v) is 0.489. The first-order valence-corrected chi connectivity index (χ1v) is 1.64. The smallest absolute Gasteiger partial charge is 0.0872 e. The molecule has 4 nitrogen and oxygen atoms in total. The van der Waals surface area contributed by atoms with Gasteiger partial charge < -0.3 is 15.7 Å². The first-order valence-electron chi connectivity index (χ1n) is 1.64. The molecular formula is C3H5N2O2-. The number of carboxylic acids is 1. The Kier molecular flexibility index (Phi) is 1.84. The molecule has 40 valence electrons. The molecule has 0 radical (unpaired) electrons. The SMILES string of the molecule is C/C(=N\N)C(=O)[O-]. The molecule has 0 saturated carbocycles. The van der Waals surface area contributed by atoms with Crippen molar-refractivity contribution in [3.63, 3.8) is 0 Å². The summed E-state index contributed by atoms with van der Waals surface area (Å²) in [6.45, 7) is 1.26. The number of hydrazone groups is 1. The highest BCUT2D eigenvalue weighted by atomic mass is 16.4. The second-order valence-electron chi connectivity index (χ2n) is 1.00. The van der Waals surface area contributed by atoms with E-state index in [9.17, 15) is 9.90 Å². The normalized spacial score (nSPS) is 11.3. The Morgan fingerprint density at radius 2 is 2.29 bits per heavy atom. The molecule has 4 heteroatoms. The Hall–Kier alpha value is -1.06. The van der Waals surface area contributed by atoms with E-state index in [1.165, 1.54) is 6.92 Å². The Morgan fingerprint density at radius 3 is 2.29 bits per heavy atom. The van der Waals surface area contributed by atoms with Crippen molar-refractivity contribution in [1.29, 1.82) is 0 Å². The largest absolute Gasteiger partial charge is 0.543 e. The molecule has 0 bridgehead atoms. The van der Waals surface area contributed by atoms with Gasteiger partial charge in [0, 0.05) is 0 Å². The number of nitrogens with two attached hydrogens (primary N) is 1. The standard InChI is InChI=1S/C3H6N2O2/c1-2(5-4)3(6)7/h4H2,1H3,(H,6,7)/p-1/b5-2+. The van der Waals surface area contributed by atoms with Crippen LogP contribution in [0.25, 0.3) is 0 Å². The number of carbonyl (C=O) groups excluding carboxylic acids is 1. The Balaban J connectivity index is 3.82. The fourth-order valence-corrected chi connectivity index (χ4v) is 0.0527. The van der Waals surface area contributed by atoms with Crippen molar-refractivity contribution >= 4 is 11.7 Å². The molecule has 0 aromatic carbocycles. The predicted octanol–water partition coefficient (Wildman–Crippen LogP) is -1.93. The van der Waals surface area contributed by atoms with Gasteiger partial charge in [-0.3, -0.25) is 0 Å². The van der Waals surface area contributed by atoms with Gasteiger partial charge in [-0.2, -0.15) is 5.10 Å². The predicted molar refractivity (Wildman–Crippen MR) is 22.3 cm³/mol. The molecule has 0 aliphatic rings. The molecule has 7 heavy (non-hydrogen) atoms. The highest BCUT2D eigenvalue weighted by Gasteiger charge is 1.84. The zero-order valence-electron chi connectivity index (χ0n) is 3.84. The van der Waals surface area contributed by atoms with Crippen molar-refractivity contribution in [2.45, 2.75) is 6.92 Å². The van der Waals surface area contributed by atoms with Gasteiger partial charge in [0.2, 0.25) is 0 Å². The number of carbonyl (C=O) groups is 1. The summed E-state index contributed by atoms with van der Waals surface area (Å²) in [5.74, 6) is 3.21.